The molecule has 6 heteroatoms. The first kappa shape index (κ1) is 12.5. The predicted octanol–water partition coefficient (Wildman–Crippen LogP) is 1.94. The largest absolute Gasteiger partial charge is 0.384 e. The van der Waals surface area contributed by atoms with E-state index in [-0.39, 0.29) is 0 Å². The van der Waals surface area contributed by atoms with Crippen LogP contribution in [0.5, 0.6) is 0 Å². The van der Waals surface area contributed by atoms with Gasteiger partial charge in [-0.1, -0.05) is 13.8 Å². The molecular weight excluding hydrogens is 258 g/mol. The van der Waals surface area contributed by atoms with Gasteiger partial charge in [-0.05, 0) is 12.1 Å². The second kappa shape index (κ2) is 4.85. The van der Waals surface area contributed by atoms with Crippen molar-refractivity contribution in [2.45, 2.75) is 24.3 Å². The molecule has 3 rings (SSSR count). The van der Waals surface area contributed by atoms with Gasteiger partial charge in [-0.3, -0.25) is 0 Å². The van der Waals surface area contributed by atoms with Gasteiger partial charge in [0.1, 0.15) is 18.0 Å². The molecule has 0 amide bonds. The van der Waals surface area contributed by atoms with Crippen molar-refractivity contribution in [3.63, 3.8) is 0 Å². The van der Waals surface area contributed by atoms with Gasteiger partial charge in [-0.15, -0.1) is 0 Å². The molecule has 0 unspecified atom stereocenters. The Hall–Kier alpha value is -1.56. The van der Waals surface area contributed by atoms with Crippen molar-refractivity contribution in [3.05, 3.63) is 18.5 Å². The summed E-state index contributed by atoms with van der Waals surface area (Å²) in [7, 11) is 0. The van der Waals surface area contributed by atoms with Crippen molar-refractivity contribution in [2.75, 3.05) is 23.7 Å². The van der Waals surface area contributed by atoms with Crippen LogP contribution >= 0.6 is 11.8 Å². The molecule has 0 aliphatic carbocycles. The van der Waals surface area contributed by atoms with Crippen molar-refractivity contribution < 1.29 is 0 Å². The van der Waals surface area contributed by atoms with E-state index in [1.807, 2.05) is 17.8 Å². The predicted molar refractivity (Wildman–Crippen MR) is 80.5 cm³/mol. The lowest BCUT2D eigenvalue weighted by molar-refractivity contribution is 0.720. The van der Waals surface area contributed by atoms with E-state index < -0.39 is 0 Å². The van der Waals surface area contributed by atoms with Crippen LogP contribution < -0.4 is 10.6 Å². The summed E-state index contributed by atoms with van der Waals surface area (Å²) in [4.78, 5) is 15.2. The number of anilines is 2. The summed E-state index contributed by atoms with van der Waals surface area (Å²) < 4.78 is 0. The van der Waals surface area contributed by atoms with Gasteiger partial charge in [-0.2, -0.15) is 11.8 Å². The Kier molecular flexibility index (Phi) is 3.18. The first-order valence-electron chi connectivity index (χ1n) is 6.41. The van der Waals surface area contributed by atoms with Gasteiger partial charge < -0.3 is 10.6 Å². The molecule has 0 bridgehead atoms. The number of aromatic nitrogens is 3. The standard InChI is InChI=1S/C13H17N5S/c1-8-5-18(6-9(2)19-8)13-10-3-4-11(14)17-12(10)15-7-16-13/h3-4,7-9H,5-6H2,1-2H3,(H2,14,15,16,17)/t8-,9-/m0/s1. The molecule has 3 heterocycles. The number of nitrogens with zero attached hydrogens (tertiary/aromatic N) is 4. The fourth-order valence-electron chi connectivity index (χ4n) is 2.55. The highest BCUT2D eigenvalue weighted by Gasteiger charge is 2.24. The molecule has 0 aromatic carbocycles. The van der Waals surface area contributed by atoms with Crippen molar-refractivity contribution in [2.24, 2.45) is 0 Å². The van der Waals surface area contributed by atoms with Crippen LogP contribution in [0.15, 0.2) is 18.5 Å². The Balaban J connectivity index is 2.04. The van der Waals surface area contributed by atoms with E-state index in [2.05, 4.69) is 33.7 Å². The molecule has 2 N–H and O–H groups in total. The fraction of sp³-hybridized carbons (Fsp3) is 0.462. The van der Waals surface area contributed by atoms with Crippen LogP contribution in [-0.4, -0.2) is 38.5 Å². The Morgan fingerprint density at radius 3 is 2.68 bits per heavy atom. The number of nitrogen functional groups attached to an aromatic ring is 1. The molecule has 0 saturated carbocycles. The quantitative estimate of drug-likeness (QED) is 0.858. The van der Waals surface area contributed by atoms with Crippen LogP contribution in [0.25, 0.3) is 11.0 Å². The highest BCUT2D eigenvalue weighted by atomic mass is 32.2. The maximum absolute atomic E-state index is 5.71. The van der Waals surface area contributed by atoms with Crippen molar-refractivity contribution in [3.8, 4) is 0 Å². The number of hydrogen-bond acceptors (Lipinski definition) is 6. The molecule has 2 aromatic heterocycles. The lowest BCUT2D eigenvalue weighted by Crippen LogP contribution is -2.41. The first-order chi connectivity index (χ1) is 9.13. The van der Waals surface area contributed by atoms with Crippen LogP contribution in [0.3, 0.4) is 0 Å². The van der Waals surface area contributed by atoms with Gasteiger partial charge in [0, 0.05) is 23.6 Å². The molecule has 100 valence electrons. The van der Waals surface area contributed by atoms with E-state index in [0.29, 0.717) is 22.0 Å². The van der Waals surface area contributed by atoms with Crippen LogP contribution in [0, 0.1) is 0 Å². The van der Waals surface area contributed by atoms with Gasteiger partial charge in [-0.25, -0.2) is 15.0 Å². The van der Waals surface area contributed by atoms with Crippen LogP contribution in [0.1, 0.15) is 13.8 Å². The summed E-state index contributed by atoms with van der Waals surface area (Å²) in [6.07, 6.45) is 1.57. The van der Waals surface area contributed by atoms with Crippen molar-refractivity contribution in [1.82, 2.24) is 15.0 Å². The Morgan fingerprint density at radius 2 is 1.95 bits per heavy atom. The van der Waals surface area contributed by atoms with Gasteiger partial charge in [0.15, 0.2) is 5.65 Å². The maximum Gasteiger partial charge on any atom is 0.166 e. The van der Waals surface area contributed by atoms with Gasteiger partial charge in [0.05, 0.1) is 5.39 Å². The Labute approximate surface area is 116 Å². The molecule has 0 spiro atoms. The Bertz CT molecular complexity index is 593. The number of rotatable bonds is 1. The summed E-state index contributed by atoms with van der Waals surface area (Å²) in [5.74, 6) is 1.46. The zero-order valence-corrected chi connectivity index (χ0v) is 11.9. The zero-order chi connectivity index (χ0) is 13.4. The first-order valence-corrected chi connectivity index (χ1v) is 7.35. The van der Waals surface area contributed by atoms with E-state index in [1.165, 1.54) is 0 Å². The third-order valence-electron chi connectivity index (χ3n) is 3.22. The average Bonchev–Trinajstić information content (AvgIpc) is 2.36. The van der Waals surface area contributed by atoms with E-state index >= 15 is 0 Å². The molecule has 0 radical (unpaired) electrons. The molecule has 19 heavy (non-hydrogen) atoms. The normalized spacial score (nSPS) is 23.8. The van der Waals surface area contributed by atoms with Crippen molar-refractivity contribution >= 4 is 34.4 Å². The molecule has 1 saturated heterocycles. The minimum absolute atomic E-state index is 0.494. The third-order valence-corrected chi connectivity index (χ3v) is 4.44. The monoisotopic (exact) mass is 275 g/mol. The van der Waals surface area contributed by atoms with Crippen LogP contribution in [0.4, 0.5) is 11.6 Å². The molecule has 1 fully saturated rings. The highest BCUT2D eigenvalue weighted by molar-refractivity contribution is 8.00. The lowest BCUT2D eigenvalue weighted by atomic mass is 10.2. The van der Waals surface area contributed by atoms with E-state index in [1.54, 1.807) is 12.4 Å². The molecule has 2 aromatic rings. The lowest BCUT2D eigenvalue weighted by Gasteiger charge is -2.35. The summed E-state index contributed by atoms with van der Waals surface area (Å²) in [6.45, 7) is 6.52. The van der Waals surface area contributed by atoms with E-state index in [4.69, 9.17) is 5.73 Å². The SMILES string of the molecule is C[C@H]1CN(c2ncnc3nc(N)ccc23)C[C@H](C)S1. The van der Waals surface area contributed by atoms with E-state index in [9.17, 15) is 0 Å². The minimum atomic E-state index is 0.494. The van der Waals surface area contributed by atoms with Gasteiger partial charge in [0.25, 0.3) is 0 Å². The number of thioether (sulfide) groups is 1. The number of pyridine rings is 1. The second-order valence-corrected chi connectivity index (χ2v) is 6.85. The molecule has 1 aliphatic rings. The summed E-state index contributed by atoms with van der Waals surface area (Å²) in [6, 6.07) is 3.77. The summed E-state index contributed by atoms with van der Waals surface area (Å²) in [5.41, 5.74) is 6.38. The van der Waals surface area contributed by atoms with Crippen LogP contribution in [0.2, 0.25) is 0 Å². The second-order valence-electron chi connectivity index (χ2n) is 4.97. The number of hydrogen-bond donors (Lipinski definition) is 1. The van der Waals surface area contributed by atoms with Crippen molar-refractivity contribution in [1.29, 1.82) is 0 Å². The Morgan fingerprint density at radius 1 is 1.21 bits per heavy atom. The maximum atomic E-state index is 5.71. The molecule has 1 aliphatic heterocycles. The van der Waals surface area contributed by atoms with Gasteiger partial charge in [0.2, 0.25) is 0 Å². The average molecular weight is 275 g/mol. The third kappa shape index (κ3) is 2.45. The summed E-state index contributed by atoms with van der Waals surface area (Å²) in [5, 5.41) is 2.19. The topological polar surface area (TPSA) is 67.9 Å². The minimum Gasteiger partial charge on any atom is -0.384 e. The highest BCUT2D eigenvalue weighted by Crippen LogP contribution is 2.30. The smallest absolute Gasteiger partial charge is 0.166 e. The molecule has 5 nitrogen and oxygen atoms in total. The fourth-order valence-corrected chi connectivity index (χ4v) is 3.87. The van der Waals surface area contributed by atoms with Crippen LogP contribution in [-0.2, 0) is 0 Å². The van der Waals surface area contributed by atoms with Gasteiger partial charge >= 0.3 is 0 Å². The number of fused-ring (bicyclic) bond motifs is 1. The van der Waals surface area contributed by atoms with E-state index in [0.717, 1.165) is 24.3 Å². The summed E-state index contributed by atoms with van der Waals surface area (Å²) >= 11 is 2.03. The zero-order valence-electron chi connectivity index (χ0n) is 11.1. The molecule has 2 atom stereocenters. The molecular formula is C13H17N5S. The number of nitrogens with two attached hydrogens (primary N) is 1.